The second kappa shape index (κ2) is 11.6. The van der Waals surface area contributed by atoms with E-state index < -0.39 is 24.2 Å². The summed E-state index contributed by atoms with van der Waals surface area (Å²) in [5.41, 5.74) is 6.45. The molecule has 3 aliphatic heterocycles. The van der Waals surface area contributed by atoms with E-state index in [2.05, 4.69) is 33.9 Å². The summed E-state index contributed by atoms with van der Waals surface area (Å²) in [7, 11) is 0. The molecule has 3 N–H and O–H groups in total. The van der Waals surface area contributed by atoms with Crippen LogP contribution in [0.1, 0.15) is 72.1 Å². The van der Waals surface area contributed by atoms with Gasteiger partial charge < -0.3 is 25.6 Å². The van der Waals surface area contributed by atoms with Gasteiger partial charge in [0, 0.05) is 43.8 Å². The Balaban J connectivity index is 1.31. The van der Waals surface area contributed by atoms with Crippen molar-refractivity contribution in [2.45, 2.75) is 121 Å². The number of alkyl halides is 1. The number of halogens is 1. The number of likely N-dealkylation sites (N-methyl/N-ethyl adjacent to an activating group) is 1. The van der Waals surface area contributed by atoms with E-state index in [1.165, 1.54) is 25.7 Å². The Morgan fingerprint density at radius 3 is 2.55 bits per heavy atom. The molecule has 0 bridgehead atoms. The zero-order chi connectivity index (χ0) is 28.1. The number of nitrogens with one attached hydrogen (secondary N) is 1. The van der Waals surface area contributed by atoms with E-state index in [1.807, 2.05) is 13.1 Å². The van der Waals surface area contributed by atoms with Crippen LogP contribution in [0.25, 0.3) is 0 Å². The zero-order valence-corrected chi connectivity index (χ0v) is 24.6. The number of morpholine rings is 1. The maximum Gasteiger partial charge on any atom is 0.256 e. The third-order valence-corrected chi connectivity index (χ3v) is 11.2. The maximum atomic E-state index is 16.2. The van der Waals surface area contributed by atoms with Crippen LogP contribution in [-0.2, 0) is 14.3 Å². The molecule has 9 heteroatoms. The maximum absolute atomic E-state index is 16.2. The van der Waals surface area contributed by atoms with E-state index >= 15 is 4.39 Å². The van der Waals surface area contributed by atoms with E-state index in [-0.39, 0.29) is 54.0 Å². The fourth-order valence-electron chi connectivity index (χ4n) is 9.17. The van der Waals surface area contributed by atoms with Gasteiger partial charge in [0.15, 0.2) is 5.78 Å². The second-order valence-electron chi connectivity index (χ2n) is 13.6. The van der Waals surface area contributed by atoms with Crippen LogP contribution >= 0.6 is 0 Å². The molecule has 6 aliphatic rings. The number of nitrogens with two attached hydrogens (primary N) is 1. The minimum absolute atomic E-state index is 0.000630. The molecule has 3 aliphatic carbocycles. The lowest BCUT2D eigenvalue weighted by molar-refractivity contribution is -0.219. The summed E-state index contributed by atoms with van der Waals surface area (Å²) >= 11 is 0. The number of Topliss-reactive ketones (excluding diaryl/α,β-unsaturated/α-hetero) is 1. The highest BCUT2D eigenvalue weighted by molar-refractivity contribution is 6.20. The summed E-state index contributed by atoms with van der Waals surface area (Å²) in [6.45, 7) is 10.2. The molecule has 3 saturated carbocycles. The first-order valence-electron chi connectivity index (χ1n) is 16.1. The lowest BCUT2D eigenvalue weighted by atomic mass is 9.64. The first-order valence-corrected chi connectivity index (χ1v) is 16.1. The van der Waals surface area contributed by atoms with E-state index in [4.69, 9.17) is 10.5 Å². The minimum Gasteiger partial charge on any atom is -0.369 e. The lowest BCUT2D eigenvalue weighted by Gasteiger charge is -2.61. The third kappa shape index (κ3) is 5.13. The highest BCUT2D eigenvalue weighted by Crippen LogP contribution is 2.50. The van der Waals surface area contributed by atoms with Crippen LogP contribution in [0.2, 0.25) is 0 Å². The van der Waals surface area contributed by atoms with Crippen molar-refractivity contribution in [3.05, 3.63) is 11.8 Å². The van der Waals surface area contributed by atoms with Gasteiger partial charge in [-0.1, -0.05) is 39.5 Å². The highest BCUT2D eigenvalue weighted by atomic mass is 19.1. The zero-order valence-electron chi connectivity index (χ0n) is 24.6. The van der Waals surface area contributed by atoms with Crippen LogP contribution in [-0.4, -0.2) is 108 Å². The summed E-state index contributed by atoms with van der Waals surface area (Å²) in [6, 6.07) is -0.535. The minimum atomic E-state index is -1.19. The number of hydrogen-bond donors (Lipinski definition) is 2. The molecule has 2 saturated heterocycles. The van der Waals surface area contributed by atoms with E-state index in [1.54, 1.807) is 0 Å². The number of rotatable bonds is 7. The molecular weight excluding hydrogens is 509 g/mol. The molecule has 5 fully saturated rings. The molecule has 3 heterocycles. The molecule has 0 aromatic heterocycles. The SMILES string of the molecule is CCN(CC)CC(C)NC(=O)C1=CN2C3CC4CCCCC4CC3OC3C(N4CCC(N)C4)C(F)CC(C1=O)C32. The molecule has 6 rings (SSSR count). The van der Waals surface area contributed by atoms with Crippen molar-refractivity contribution < 1.29 is 18.7 Å². The Morgan fingerprint density at radius 1 is 1.15 bits per heavy atom. The van der Waals surface area contributed by atoms with Crippen LogP contribution in [0.4, 0.5) is 4.39 Å². The van der Waals surface area contributed by atoms with E-state index in [9.17, 15) is 9.59 Å². The van der Waals surface area contributed by atoms with Crippen LogP contribution in [0.3, 0.4) is 0 Å². The Morgan fingerprint density at radius 2 is 1.88 bits per heavy atom. The van der Waals surface area contributed by atoms with Gasteiger partial charge in [-0.05, 0) is 57.5 Å². The van der Waals surface area contributed by atoms with Crippen LogP contribution in [0.5, 0.6) is 0 Å². The summed E-state index contributed by atoms with van der Waals surface area (Å²) in [5.74, 6) is 0.214. The monoisotopic (exact) mass is 559 g/mol. The van der Waals surface area contributed by atoms with Crippen molar-refractivity contribution >= 4 is 11.7 Å². The highest BCUT2D eigenvalue weighted by Gasteiger charge is 2.60. The van der Waals surface area contributed by atoms with Gasteiger partial charge in [0.2, 0.25) is 0 Å². The molecule has 224 valence electrons. The van der Waals surface area contributed by atoms with Gasteiger partial charge in [-0.25, -0.2) is 4.39 Å². The van der Waals surface area contributed by atoms with Gasteiger partial charge in [0.1, 0.15) is 6.17 Å². The van der Waals surface area contributed by atoms with E-state index in [0.717, 1.165) is 45.4 Å². The number of carbonyl (C=O) groups is 2. The Kier molecular flexibility index (Phi) is 8.29. The topological polar surface area (TPSA) is 91.1 Å². The first kappa shape index (κ1) is 28.6. The summed E-state index contributed by atoms with van der Waals surface area (Å²) in [5, 5.41) is 3.09. The Labute approximate surface area is 239 Å². The first-order chi connectivity index (χ1) is 19.3. The summed E-state index contributed by atoms with van der Waals surface area (Å²) in [6.07, 6.45) is 8.36. The quantitative estimate of drug-likeness (QED) is 0.463. The Hall–Kier alpha value is -1.55. The van der Waals surface area contributed by atoms with Gasteiger partial charge >= 0.3 is 0 Å². The summed E-state index contributed by atoms with van der Waals surface area (Å²) in [4.78, 5) is 34.3. The smallest absolute Gasteiger partial charge is 0.256 e. The molecule has 8 nitrogen and oxygen atoms in total. The average molecular weight is 560 g/mol. The van der Waals surface area contributed by atoms with Gasteiger partial charge in [-0.2, -0.15) is 0 Å². The largest absolute Gasteiger partial charge is 0.369 e. The predicted molar refractivity (Wildman–Crippen MR) is 152 cm³/mol. The molecular formula is C31H50FN5O3. The number of fused-ring (bicyclic) bond motifs is 3. The standard InChI is InChI=1S/C31H50FN5O3/c1-4-35(5-2)15-18(3)34-31(39)23-17-37-25-12-19-8-6-7-9-20(19)13-26(25)40-30-27(37)22(29(23)38)14-24(32)28(30)36-11-10-21(33)16-36/h17-22,24-28,30H,4-16,33H2,1-3H3,(H,34,39). The number of likely N-dealkylation sites (tertiary alicyclic amines) is 1. The van der Waals surface area contributed by atoms with Gasteiger partial charge in [0.05, 0.1) is 35.9 Å². The van der Waals surface area contributed by atoms with Gasteiger partial charge in [0.25, 0.3) is 5.91 Å². The summed E-state index contributed by atoms with van der Waals surface area (Å²) < 4.78 is 23.1. The van der Waals surface area contributed by atoms with Crippen molar-refractivity contribution in [1.29, 1.82) is 0 Å². The molecule has 40 heavy (non-hydrogen) atoms. The third-order valence-electron chi connectivity index (χ3n) is 11.2. The number of ketones is 1. The van der Waals surface area contributed by atoms with Crippen molar-refractivity contribution in [3.63, 3.8) is 0 Å². The lowest BCUT2D eigenvalue weighted by Crippen LogP contribution is -2.73. The van der Waals surface area contributed by atoms with Gasteiger partial charge in [-0.15, -0.1) is 0 Å². The Bertz CT molecular complexity index is 990. The van der Waals surface area contributed by atoms with Crippen molar-refractivity contribution in [2.24, 2.45) is 23.5 Å². The molecule has 0 spiro atoms. The number of amides is 1. The second-order valence-corrected chi connectivity index (χ2v) is 13.6. The molecule has 11 atom stereocenters. The van der Waals surface area contributed by atoms with Crippen molar-refractivity contribution in [1.82, 2.24) is 20.0 Å². The molecule has 0 aromatic rings. The molecule has 0 radical (unpaired) electrons. The fourth-order valence-corrected chi connectivity index (χ4v) is 9.17. The number of ether oxygens (including phenoxy) is 1. The van der Waals surface area contributed by atoms with E-state index in [0.29, 0.717) is 18.4 Å². The van der Waals surface area contributed by atoms with Crippen LogP contribution < -0.4 is 11.1 Å². The normalized spacial score (nSPS) is 42.1. The molecule has 1 amide bonds. The van der Waals surface area contributed by atoms with Gasteiger partial charge in [-0.3, -0.25) is 14.5 Å². The van der Waals surface area contributed by atoms with Crippen LogP contribution in [0, 0.1) is 17.8 Å². The fraction of sp³-hybridized carbons (Fsp3) is 0.871. The average Bonchev–Trinajstić information content (AvgIpc) is 3.37. The number of hydrogen-bond acceptors (Lipinski definition) is 7. The molecule has 0 aromatic carbocycles. The number of nitrogens with zero attached hydrogens (tertiary/aromatic N) is 3. The molecule has 11 unspecified atom stereocenters. The number of carbonyl (C=O) groups excluding carboxylic acids is 2. The predicted octanol–water partition coefficient (Wildman–Crippen LogP) is 2.47. The van der Waals surface area contributed by atoms with Crippen molar-refractivity contribution in [2.75, 3.05) is 32.7 Å². The van der Waals surface area contributed by atoms with Crippen LogP contribution in [0.15, 0.2) is 11.8 Å². The van der Waals surface area contributed by atoms with Crippen molar-refractivity contribution in [3.8, 4) is 0 Å².